The van der Waals surface area contributed by atoms with Crippen LogP contribution in [-0.4, -0.2) is 11.0 Å². The normalized spacial score (nSPS) is 22.2. The van der Waals surface area contributed by atoms with Crippen LogP contribution in [-0.2, 0) is 19.4 Å². The first-order valence-electron chi connectivity index (χ1n) is 4.03. The summed E-state index contributed by atoms with van der Waals surface area (Å²) in [7, 11) is 12.2. The summed E-state index contributed by atoms with van der Waals surface area (Å²) in [6.07, 6.45) is 0. The molecular weight excluding hydrogens is 298 g/mol. The number of hydrogen-bond donors (Lipinski definition) is 0. The molecule has 75 valence electrons. The zero-order chi connectivity index (χ0) is 9.46. The van der Waals surface area contributed by atoms with Crippen LogP contribution in [0.25, 0.3) is 0 Å². The van der Waals surface area contributed by atoms with E-state index in [1.807, 2.05) is 0 Å². The van der Waals surface area contributed by atoms with E-state index in [9.17, 15) is 0 Å². The van der Waals surface area contributed by atoms with E-state index in [-0.39, 0.29) is 11.0 Å². The van der Waals surface area contributed by atoms with Crippen molar-refractivity contribution >= 4 is 28.0 Å². The third kappa shape index (κ3) is 2.59. The molecule has 0 nitrogen and oxygen atoms in total. The zero-order valence-corrected chi connectivity index (χ0v) is 11.8. The maximum absolute atomic E-state index is 6.08. The van der Waals surface area contributed by atoms with Gasteiger partial charge in [0.25, 0.3) is 0 Å². The fraction of sp³-hybridized carbons (Fsp3) is 0.556. The van der Waals surface area contributed by atoms with Gasteiger partial charge in [0.2, 0.25) is 0 Å². The van der Waals surface area contributed by atoms with Crippen LogP contribution in [0.3, 0.4) is 0 Å². The van der Waals surface area contributed by atoms with E-state index in [2.05, 4.69) is 27.7 Å². The van der Waals surface area contributed by atoms with Gasteiger partial charge in [-0.1, -0.05) is 0 Å². The Morgan fingerprint density at radius 2 is 1.54 bits per heavy atom. The molecule has 0 saturated carbocycles. The van der Waals surface area contributed by atoms with Crippen LogP contribution in [0.15, 0.2) is 20.0 Å². The fourth-order valence-corrected chi connectivity index (χ4v) is 7.78. The van der Waals surface area contributed by atoms with Crippen LogP contribution in [0.4, 0.5) is 0 Å². The first kappa shape index (κ1) is 14.2. The first-order chi connectivity index (χ1) is 5.46. The minimum absolute atomic E-state index is 0. The van der Waals surface area contributed by atoms with E-state index in [1.54, 1.807) is 0 Å². The molecule has 0 saturated heterocycles. The van der Waals surface area contributed by atoms with Gasteiger partial charge in [-0.05, 0) is 11.0 Å². The van der Waals surface area contributed by atoms with Crippen molar-refractivity contribution in [2.24, 2.45) is 5.92 Å². The van der Waals surface area contributed by atoms with Crippen LogP contribution in [0.1, 0.15) is 27.7 Å². The smallest absolute Gasteiger partial charge is 0.0149 e. The summed E-state index contributed by atoms with van der Waals surface area (Å²) in [4.78, 5) is 0. The molecule has 0 radical (unpaired) electrons. The molecule has 0 aromatic carbocycles. The second kappa shape index (κ2) is 5.30. The molecule has 4 heteroatoms. The Morgan fingerprint density at radius 1 is 1.08 bits per heavy atom. The molecule has 0 aromatic heterocycles. The van der Waals surface area contributed by atoms with Crippen molar-refractivity contribution in [2.75, 3.05) is 0 Å². The molecule has 0 amide bonds. The number of hydrogen-bond acceptors (Lipinski definition) is 0. The van der Waals surface area contributed by atoms with Crippen molar-refractivity contribution in [3.05, 3.63) is 20.0 Å². The molecule has 0 aromatic rings. The van der Waals surface area contributed by atoms with Gasteiger partial charge in [-0.25, -0.2) is 0 Å². The predicted octanol–water partition coefficient (Wildman–Crippen LogP) is 2.72. The summed E-state index contributed by atoms with van der Waals surface area (Å²) in [5.41, 5.74) is 4.21. The summed E-state index contributed by atoms with van der Waals surface area (Å²) in [5, 5.41) is 0. The van der Waals surface area contributed by atoms with Gasteiger partial charge in [0.15, 0.2) is 0 Å². The van der Waals surface area contributed by atoms with Gasteiger partial charge >= 0.3 is 90.0 Å². The number of allylic oxidation sites excluding steroid dienone is 4. The van der Waals surface area contributed by atoms with Crippen molar-refractivity contribution in [2.45, 2.75) is 27.7 Å². The third-order valence-electron chi connectivity index (χ3n) is 2.84. The zero-order valence-electron chi connectivity index (χ0n) is 7.83. The minimum Gasteiger partial charge on any atom is -0.0149 e. The molecule has 0 bridgehead atoms. The molecule has 0 aliphatic heterocycles. The van der Waals surface area contributed by atoms with Crippen molar-refractivity contribution < 1.29 is 19.4 Å². The van der Waals surface area contributed by atoms with Gasteiger partial charge in [-0.2, -0.15) is 0 Å². The van der Waals surface area contributed by atoms with Gasteiger partial charge in [0.1, 0.15) is 0 Å². The Labute approximate surface area is 100 Å². The average Bonchev–Trinajstić information content (AvgIpc) is 2.16. The van der Waals surface area contributed by atoms with E-state index in [1.165, 1.54) is 20.0 Å². The molecule has 1 atom stereocenters. The largest absolute Gasteiger partial charge is 0.0149 e. The SMILES string of the molecule is CC1=C(C)C(C)[C]([Zr]([Cl])[Cl])=C1C.[SiH4]. The molecule has 13 heavy (non-hydrogen) atoms. The van der Waals surface area contributed by atoms with Crippen molar-refractivity contribution in [3.8, 4) is 0 Å². The maximum Gasteiger partial charge on any atom is -0.0149 e. The predicted molar refractivity (Wildman–Crippen MR) is 63.3 cm³/mol. The van der Waals surface area contributed by atoms with E-state index < -0.39 is 19.4 Å². The van der Waals surface area contributed by atoms with Crippen molar-refractivity contribution in [1.82, 2.24) is 0 Å². The standard InChI is InChI=1S/C9H13.2ClH.H4Si.Zr/c1-6-5-7(2)9(4)8(6)3;;;;/h6H,1-4H3;2*1H;1H4;/q;;;;+2/p-2. The Kier molecular flexibility index (Phi) is 5.77. The molecule has 1 rings (SSSR count). The Bertz CT molecular complexity index is 269. The van der Waals surface area contributed by atoms with E-state index in [0.717, 1.165) is 0 Å². The van der Waals surface area contributed by atoms with Crippen LogP contribution in [0, 0.1) is 5.92 Å². The Hall–Kier alpha value is 1.16. The van der Waals surface area contributed by atoms with E-state index in [4.69, 9.17) is 17.0 Å². The molecule has 0 fully saturated rings. The summed E-state index contributed by atoms with van der Waals surface area (Å²) < 4.78 is 1.37. The molecule has 1 aliphatic rings. The summed E-state index contributed by atoms with van der Waals surface area (Å²) in [6, 6.07) is 0. The Balaban J connectivity index is 0.00000144. The molecule has 0 spiro atoms. The fourth-order valence-electron chi connectivity index (χ4n) is 1.67. The van der Waals surface area contributed by atoms with Crippen LogP contribution < -0.4 is 0 Å². The molecule has 1 unspecified atom stereocenters. The topological polar surface area (TPSA) is 0 Å². The van der Waals surface area contributed by atoms with E-state index in [0.29, 0.717) is 5.92 Å². The molecule has 0 N–H and O–H groups in total. The van der Waals surface area contributed by atoms with Crippen molar-refractivity contribution in [1.29, 1.82) is 0 Å². The molecule has 1 aliphatic carbocycles. The second-order valence-electron chi connectivity index (χ2n) is 3.33. The van der Waals surface area contributed by atoms with Crippen LogP contribution in [0.2, 0.25) is 0 Å². The van der Waals surface area contributed by atoms with Crippen molar-refractivity contribution in [3.63, 3.8) is 0 Å². The third-order valence-corrected chi connectivity index (χ3v) is 8.24. The monoisotopic (exact) mass is 313 g/mol. The second-order valence-corrected chi connectivity index (χ2v) is 11.5. The minimum atomic E-state index is -2.17. The van der Waals surface area contributed by atoms with Gasteiger partial charge in [0.05, 0.1) is 0 Å². The maximum atomic E-state index is 6.08. The average molecular weight is 315 g/mol. The van der Waals surface area contributed by atoms with Crippen LogP contribution >= 0.6 is 17.0 Å². The summed E-state index contributed by atoms with van der Waals surface area (Å²) in [6.45, 7) is 8.68. The van der Waals surface area contributed by atoms with E-state index >= 15 is 0 Å². The van der Waals surface area contributed by atoms with Gasteiger partial charge in [-0.15, -0.1) is 0 Å². The number of rotatable bonds is 1. The van der Waals surface area contributed by atoms with Gasteiger partial charge in [-0.3, -0.25) is 0 Å². The summed E-state index contributed by atoms with van der Waals surface area (Å²) >= 11 is -2.17. The first-order valence-corrected chi connectivity index (χ1v) is 11.6. The molecule has 0 heterocycles. The van der Waals surface area contributed by atoms with Gasteiger partial charge < -0.3 is 0 Å². The Morgan fingerprint density at radius 3 is 1.69 bits per heavy atom. The van der Waals surface area contributed by atoms with Crippen LogP contribution in [0.5, 0.6) is 0 Å². The van der Waals surface area contributed by atoms with Gasteiger partial charge in [0, 0.05) is 0 Å². The number of halogens is 2. The summed E-state index contributed by atoms with van der Waals surface area (Å²) in [5.74, 6) is 0.509. The quantitative estimate of drug-likeness (QED) is 0.653. The molecular formula is C9H17Cl2SiZr.